The van der Waals surface area contributed by atoms with Crippen molar-refractivity contribution in [2.75, 3.05) is 18.9 Å². The van der Waals surface area contributed by atoms with E-state index in [4.69, 9.17) is 10.5 Å². The maximum atomic E-state index is 11.8. The molecular weight excluding hydrogens is 236 g/mol. The lowest BCUT2D eigenvalue weighted by Gasteiger charge is -2.06. The standard InChI is InChI=1S/C11H18N4O3/c1-4-13-8(16)6-18-11(17)10-9(12)7(3)14-15(10)5-2/h4-6,12H2,1-3H3,(H,13,16). The number of esters is 1. The van der Waals surface area contributed by atoms with Crippen molar-refractivity contribution in [3.63, 3.8) is 0 Å². The summed E-state index contributed by atoms with van der Waals surface area (Å²) in [5.74, 6) is -0.982. The third-order valence-corrected chi connectivity index (χ3v) is 2.37. The summed E-state index contributed by atoms with van der Waals surface area (Å²) in [5, 5.41) is 6.63. The van der Waals surface area contributed by atoms with Crippen molar-refractivity contribution in [2.45, 2.75) is 27.3 Å². The van der Waals surface area contributed by atoms with Crippen molar-refractivity contribution >= 4 is 17.6 Å². The minimum absolute atomic E-state index is 0.194. The van der Waals surface area contributed by atoms with E-state index >= 15 is 0 Å². The highest BCUT2D eigenvalue weighted by atomic mass is 16.5. The molecule has 1 amide bonds. The molecule has 0 aliphatic carbocycles. The number of ether oxygens (including phenoxy) is 1. The van der Waals surface area contributed by atoms with Gasteiger partial charge in [-0.25, -0.2) is 4.79 Å². The molecule has 0 unspecified atom stereocenters. The van der Waals surface area contributed by atoms with E-state index in [1.165, 1.54) is 4.68 Å². The summed E-state index contributed by atoms with van der Waals surface area (Å²) in [6.07, 6.45) is 0. The van der Waals surface area contributed by atoms with Gasteiger partial charge in [0.25, 0.3) is 5.91 Å². The average Bonchev–Trinajstić information content (AvgIpc) is 2.63. The van der Waals surface area contributed by atoms with Crippen LogP contribution in [-0.4, -0.2) is 34.8 Å². The van der Waals surface area contributed by atoms with Crippen LogP contribution in [0.3, 0.4) is 0 Å². The van der Waals surface area contributed by atoms with Crippen LogP contribution in [0.1, 0.15) is 30.0 Å². The van der Waals surface area contributed by atoms with E-state index < -0.39 is 5.97 Å². The molecule has 0 radical (unpaired) electrons. The second-order valence-corrected chi connectivity index (χ2v) is 3.69. The van der Waals surface area contributed by atoms with Crippen LogP contribution < -0.4 is 11.1 Å². The number of nitrogens with two attached hydrogens (primary N) is 1. The van der Waals surface area contributed by atoms with Crippen LogP contribution in [-0.2, 0) is 16.1 Å². The molecule has 100 valence electrons. The highest BCUT2D eigenvalue weighted by Crippen LogP contribution is 2.17. The van der Waals surface area contributed by atoms with E-state index in [2.05, 4.69) is 10.4 Å². The second-order valence-electron chi connectivity index (χ2n) is 3.69. The highest BCUT2D eigenvalue weighted by Gasteiger charge is 2.21. The van der Waals surface area contributed by atoms with Crippen molar-refractivity contribution in [2.24, 2.45) is 0 Å². The van der Waals surface area contributed by atoms with Crippen LogP contribution in [0.2, 0.25) is 0 Å². The number of aryl methyl sites for hydroxylation is 2. The molecule has 3 N–H and O–H groups in total. The fraction of sp³-hybridized carbons (Fsp3) is 0.545. The Morgan fingerprint density at radius 3 is 2.67 bits per heavy atom. The van der Waals surface area contributed by atoms with E-state index in [0.29, 0.717) is 18.8 Å². The number of hydrogen-bond acceptors (Lipinski definition) is 5. The van der Waals surface area contributed by atoms with Gasteiger partial charge in [-0.05, 0) is 20.8 Å². The van der Waals surface area contributed by atoms with Gasteiger partial charge in [-0.15, -0.1) is 0 Å². The number of aromatic nitrogens is 2. The number of nitrogens with zero attached hydrogens (tertiary/aromatic N) is 2. The smallest absolute Gasteiger partial charge is 0.359 e. The van der Waals surface area contributed by atoms with E-state index in [0.717, 1.165) is 0 Å². The Morgan fingerprint density at radius 1 is 1.44 bits per heavy atom. The van der Waals surface area contributed by atoms with Crippen LogP contribution in [0.15, 0.2) is 0 Å². The molecule has 7 nitrogen and oxygen atoms in total. The summed E-state index contributed by atoms with van der Waals surface area (Å²) >= 11 is 0. The average molecular weight is 254 g/mol. The molecule has 7 heteroatoms. The van der Waals surface area contributed by atoms with Crippen molar-refractivity contribution < 1.29 is 14.3 Å². The van der Waals surface area contributed by atoms with Crippen LogP contribution in [0.25, 0.3) is 0 Å². The molecule has 1 aromatic heterocycles. The predicted octanol–water partition coefficient (Wildman–Crippen LogP) is 0.0865. The number of carbonyl (C=O) groups is 2. The number of amides is 1. The van der Waals surface area contributed by atoms with Crippen molar-refractivity contribution in [1.29, 1.82) is 0 Å². The molecule has 0 atom stereocenters. The van der Waals surface area contributed by atoms with Gasteiger partial charge in [0.05, 0.1) is 11.4 Å². The zero-order chi connectivity index (χ0) is 13.7. The van der Waals surface area contributed by atoms with Crippen LogP contribution >= 0.6 is 0 Å². The van der Waals surface area contributed by atoms with Crippen molar-refractivity contribution in [3.05, 3.63) is 11.4 Å². The van der Waals surface area contributed by atoms with Gasteiger partial charge in [0.2, 0.25) is 0 Å². The molecule has 0 fully saturated rings. The molecule has 0 saturated heterocycles. The Bertz CT molecular complexity index is 453. The van der Waals surface area contributed by atoms with Gasteiger partial charge in [0.1, 0.15) is 0 Å². The van der Waals surface area contributed by atoms with E-state index in [1.54, 1.807) is 13.8 Å². The van der Waals surface area contributed by atoms with Crippen LogP contribution in [0.4, 0.5) is 5.69 Å². The fourth-order valence-electron chi connectivity index (χ4n) is 1.49. The normalized spacial score (nSPS) is 10.2. The van der Waals surface area contributed by atoms with E-state index in [-0.39, 0.29) is 23.9 Å². The molecular formula is C11H18N4O3. The van der Waals surface area contributed by atoms with Crippen molar-refractivity contribution in [1.82, 2.24) is 15.1 Å². The topological polar surface area (TPSA) is 99.2 Å². The Balaban J connectivity index is 2.75. The summed E-state index contributed by atoms with van der Waals surface area (Å²) in [6.45, 7) is 6.01. The highest BCUT2D eigenvalue weighted by molar-refractivity contribution is 5.95. The summed E-state index contributed by atoms with van der Waals surface area (Å²) in [4.78, 5) is 23.0. The van der Waals surface area contributed by atoms with Gasteiger partial charge < -0.3 is 15.8 Å². The third kappa shape index (κ3) is 2.99. The maximum Gasteiger partial charge on any atom is 0.359 e. The van der Waals surface area contributed by atoms with Gasteiger partial charge in [0, 0.05) is 13.1 Å². The Kier molecular flexibility index (Phi) is 4.70. The maximum absolute atomic E-state index is 11.8. The fourth-order valence-corrected chi connectivity index (χ4v) is 1.49. The van der Waals surface area contributed by atoms with Gasteiger partial charge in [-0.1, -0.05) is 0 Å². The minimum atomic E-state index is -0.638. The first kappa shape index (κ1) is 14.0. The van der Waals surface area contributed by atoms with Crippen molar-refractivity contribution in [3.8, 4) is 0 Å². The first-order valence-corrected chi connectivity index (χ1v) is 5.77. The summed E-state index contributed by atoms with van der Waals surface area (Å²) in [5.41, 5.74) is 6.81. The number of rotatable bonds is 5. The first-order chi connectivity index (χ1) is 8.51. The zero-order valence-corrected chi connectivity index (χ0v) is 10.8. The summed E-state index contributed by atoms with van der Waals surface area (Å²) in [6, 6.07) is 0. The van der Waals surface area contributed by atoms with E-state index in [1.807, 2.05) is 6.92 Å². The minimum Gasteiger partial charge on any atom is -0.451 e. The first-order valence-electron chi connectivity index (χ1n) is 5.77. The number of anilines is 1. The molecule has 0 spiro atoms. The molecule has 18 heavy (non-hydrogen) atoms. The lowest BCUT2D eigenvalue weighted by Crippen LogP contribution is -2.29. The molecule has 1 heterocycles. The lowest BCUT2D eigenvalue weighted by molar-refractivity contribution is -0.124. The largest absolute Gasteiger partial charge is 0.451 e. The molecule has 1 aromatic rings. The summed E-state index contributed by atoms with van der Waals surface area (Å²) in [7, 11) is 0. The molecule has 1 rings (SSSR count). The van der Waals surface area contributed by atoms with Gasteiger partial charge in [-0.2, -0.15) is 5.10 Å². The molecule has 0 aromatic carbocycles. The monoisotopic (exact) mass is 254 g/mol. The van der Waals surface area contributed by atoms with Gasteiger partial charge in [-0.3, -0.25) is 9.48 Å². The Hall–Kier alpha value is -2.05. The molecule has 0 bridgehead atoms. The number of hydrogen-bond donors (Lipinski definition) is 2. The number of carbonyl (C=O) groups excluding carboxylic acids is 2. The molecule has 0 aliphatic heterocycles. The van der Waals surface area contributed by atoms with Crippen LogP contribution in [0, 0.1) is 6.92 Å². The third-order valence-electron chi connectivity index (χ3n) is 2.37. The number of nitrogens with one attached hydrogen (secondary N) is 1. The number of nitrogen functional groups attached to an aromatic ring is 1. The Morgan fingerprint density at radius 2 is 2.11 bits per heavy atom. The zero-order valence-electron chi connectivity index (χ0n) is 10.8. The predicted molar refractivity (Wildman–Crippen MR) is 66.0 cm³/mol. The summed E-state index contributed by atoms with van der Waals surface area (Å²) < 4.78 is 6.35. The van der Waals surface area contributed by atoms with E-state index in [9.17, 15) is 9.59 Å². The van der Waals surface area contributed by atoms with Crippen LogP contribution in [0.5, 0.6) is 0 Å². The lowest BCUT2D eigenvalue weighted by atomic mass is 10.3. The second kappa shape index (κ2) is 6.04. The van der Waals surface area contributed by atoms with Gasteiger partial charge >= 0.3 is 5.97 Å². The Labute approximate surface area is 105 Å². The molecule has 0 aliphatic rings. The quantitative estimate of drug-likeness (QED) is 0.725. The number of likely N-dealkylation sites (N-methyl/N-ethyl adjacent to an activating group) is 1. The SMILES string of the molecule is CCNC(=O)COC(=O)c1c(N)c(C)nn1CC. The molecule has 0 saturated carbocycles. The van der Waals surface area contributed by atoms with Gasteiger partial charge in [0.15, 0.2) is 12.3 Å².